The zero-order valence-electron chi connectivity index (χ0n) is 10.2. The summed E-state index contributed by atoms with van der Waals surface area (Å²) in [5, 5.41) is 0. The molecular weight excluding hydrogens is 238 g/mol. The van der Waals surface area contributed by atoms with Gasteiger partial charge in [-0.25, -0.2) is 13.8 Å². The molecule has 1 aromatic carbocycles. The maximum Gasteiger partial charge on any atom is 0.151 e. The van der Waals surface area contributed by atoms with Gasteiger partial charge in [-0.05, 0) is 6.07 Å². The van der Waals surface area contributed by atoms with Crippen LogP contribution in [0.3, 0.4) is 0 Å². The van der Waals surface area contributed by atoms with Gasteiger partial charge in [0.05, 0.1) is 17.9 Å². The minimum absolute atomic E-state index is 0.0619. The van der Waals surface area contributed by atoms with Crippen molar-refractivity contribution < 1.29 is 8.78 Å². The van der Waals surface area contributed by atoms with Crippen LogP contribution >= 0.6 is 0 Å². The minimum atomic E-state index is -0.753. The van der Waals surface area contributed by atoms with Crippen molar-refractivity contribution in [1.82, 2.24) is 9.55 Å². The molecule has 96 valence electrons. The molecule has 1 aromatic heterocycles. The van der Waals surface area contributed by atoms with E-state index in [1.165, 1.54) is 6.07 Å². The van der Waals surface area contributed by atoms with Crippen LogP contribution in [0.2, 0.25) is 0 Å². The van der Waals surface area contributed by atoms with Crippen LogP contribution in [0, 0.1) is 11.6 Å². The lowest BCUT2D eigenvalue weighted by atomic mass is 10.2. The van der Waals surface area contributed by atoms with Crippen molar-refractivity contribution in [3.8, 4) is 0 Å². The number of aromatic nitrogens is 2. The first-order valence-corrected chi connectivity index (χ1v) is 5.41. The first kappa shape index (κ1) is 12.3. The molecule has 0 unspecified atom stereocenters. The van der Waals surface area contributed by atoms with Crippen molar-refractivity contribution in [1.29, 1.82) is 0 Å². The quantitative estimate of drug-likeness (QED) is 0.849. The molecule has 4 nitrogen and oxygen atoms in total. The first-order chi connectivity index (χ1) is 8.49. The second kappa shape index (κ2) is 4.64. The fourth-order valence-electron chi connectivity index (χ4n) is 1.73. The molecule has 0 spiro atoms. The zero-order chi connectivity index (χ0) is 13.3. The summed E-state index contributed by atoms with van der Waals surface area (Å²) >= 11 is 0. The number of anilines is 2. The molecule has 0 amide bonds. The van der Waals surface area contributed by atoms with E-state index in [0.29, 0.717) is 12.2 Å². The Labute approximate surface area is 104 Å². The molecule has 2 N–H and O–H groups in total. The third-order valence-electron chi connectivity index (χ3n) is 2.78. The van der Waals surface area contributed by atoms with E-state index in [4.69, 9.17) is 5.73 Å². The summed E-state index contributed by atoms with van der Waals surface area (Å²) in [6.45, 7) is 0.413. The molecule has 0 aliphatic rings. The molecule has 0 saturated carbocycles. The number of rotatable bonds is 3. The third kappa shape index (κ3) is 2.27. The van der Waals surface area contributed by atoms with Gasteiger partial charge in [0.2, 0.25) is 0 Å². The molecule has 0 fully saturated rings. The number of nitrogens with zero attached hydrogens (tertiary/aromatic N) is 3. The second-order valence-electron chi connectivity index (χ2n) is 4.13. The van der Waals surface area contributed by atoms with Gasteiger partial charge in [-0.2, -0.15) is 0 Å². The molecule has 0 radical (unpaired) electrons. The van der Waals surface area contributed by atoms with Crippen molar-refractivity contribution in [2.24, 2.45) is 7.05 Å². The van der Waals surface area contributed by atoms with E-state index in [9.17, 15) is 8.78 Å². The average molecular weight is 252 g/mol. The Morgan fingerprint density at radius 3 is 2.72 bits per heavy atom. The molecule has 2 rings (SSSR count). The highest BCUT2D eigenvalue weighted by molar-refractivity contribution is 5.67. The van der Waals surface area contributed by atoms with Crippen LogP contribution in [0.5, 0.6) is 0 Å². The molecule has 18 heavy (non-hydrogen) atoms. The molecule has 0 saturated heterocycles. The van der Waals surface area contributed by atoms with Crippen LogP contribution in [0.4, 0.5) is 20.2 Å². The van der Waals surface area contributed by atoms with Gasteiger partial charge in [0.1, 0.15) is 11.6 Å². The topological polar surface area (TPSA) is 47.1 Å². The van der Waals surface area contributed by atoms with Crippen molar-refractivity contribution >= 4 is 11.4 Å². The number of aryl methyl sites for hydroxylation is 1. The highest BCUT2D eigenvalue weighted by atomic mass is 19.1. The molecular formula is C12H14F2N4. The Balaban J connectivity index is 2.29. The van der Waals surface area contributed by atoms with E-state index in [-0.39, 0.29) is 5.69 Å². The van der Waals surface area contributed by atoms with E-state index >= 15 is 0 Å². The fraction of sp³-hybridized carbons (Fsp3) is 0.250. The van der Waals surface area contributed by atoms with Crippen molar-refractivity contribution in [2.45, 2.75) is 6.54 Å². The fourth-order valence-corrected chi connectivity index (χ4v) is 1.73. The Kier molecular flexibility index (Phi) is 3.18. The van der Waals surface area contributed by atoms with Gasteiger partial charge in [-0.3, -0.25) is 0 Å². The predicted molar refractivity (Wildman–Crippen MR) is 66.1 cm³/mol. The van der Waals surface area contributed by atoms with Crippen molar-refractivity contribution in [3.05, 3.63) is 42.0 Å². The molecule has 0 atom stereocenters. The SMILES string of the molecule is CN(Cc1nccn1C)c1cc(F)cc(F)c1N. The van der Waals surface area contributed by atoms with Crippen molar-refractivity contribution in [2.75, 3.05) is 17.7 Å². The van der Waals surface area contributed by atoms with Crippen LogP contribution in [0.15, 0.2) is 24.5 Å². The number of halogens is 2. The number of benzene rings is 1. The number of imidazole rings is 1. The number of nitrogen functional groups attached to an aromatic ring is 1. The minimum Gasteiger partial charge on any atom is -0.395 e. The highest BCUT2D eigenvalue weighted by Crippen LogP contribution is 2.27. The Hall–Kier alpha value is -2.11. The molecule has 0 bridgehead atoms. The Morgan fingerprint density at radius 2 is 2.11 bits per heavy atom. The Morgan fingerprint density at radius 1 is 1.39 bits per heavy atom. The monoisotopic (exact) mass is 252 g/mol. The van der Waals surface area contributed by atoms with Gasteiger partial charge in [0, 0.05) is 32.6 Å². The summed E-state index contributed by atoms with van der Waals surface area (Å²) in [6, 6.07) is 1.98. The van der Waals surface area contributed by atoms with Crippen molar-refractivity contribution in [3.63, 3.8) is 0 Å². The largest absolute Gasteiger partial charge is 0.395 e. The molecule has 1 heterocycles. The van der Waals surface area contributed by atoms with Crippen LogP contribution in [-0.2, 0) is 13.6 Å². The summed E-state index contributed by atoms with van der Waals surface area (Å²) in [6.07, 6.45) is 3.47. The lowest BCUT2D eigenvalue weighted by Gasteiger charge is -2.21. The van der Waals surface area contributed by atoms with Gasteiger partial charge in [0.25, 0.3) is 0 Å². The summed E-state index contributed by atoms with van der Waals surface area (Å²) in [7, 11) is 3.56. The maximum atomic E-state index is 13.3. The maximum absolute atomic E-state index is 13.3. The Bertz CT molecular complexity index is 565. The lowest BCUT2D eigenvalue weighted by molar-refractivity contribution is 0.585. The molecule has 2 aromatic rings. The smallest absolute Gasteiger partial charge is 0.151 e. The van der Waals surface area contributed by atoms with Crippen LogP contribution in [0.25, 0.3) is 0 Å². The van der Waals surface area contributed by atoms with Crippen LogP contribution in [-0.4, -0.2) is 16.6 Å². The summed E-state index contributed by atoms with van der Waals surface area (Å²) in [5.41, 5.74) is 5.86. The second-order valence-corrected chi connectivity index (χ2v) is 4.13. The molecule has 0 aliphatic carbocycles. The average Bonchev–Trinajstić information content (AvgIpc) is 2.69. The molecule has 0 aliphatic heterocycles. The number of hydrogen-bond acceptors (Lipinski definition) is 3. The summed E-state index contributed by atoms with van der Waals surface area (Å²) in [4.78, 5) is 5.81. The summed E-state index contributed by atoms with van der Waals surface area (Å²) in [5.74, 6) is -0.623. The highest BCUT2D eigenvalue weighted by Gasteiger charge is 2.13. The van der Waals surface area contributed by atoms with E-state index in [1.54, 1.807) is 24.3 Å². The zero-order valence-corrected chi connectivity index (χ0v) is 10.2. The summed E-state index contributed by atoms with van der Waals surface area (Å²) < 4.78 is 28.4. The van der Waals surface area contributed by atoms with E-state index in [2.05, 4.69) is 4.98 Å². The number of nitrogens with two attached hydrogens (primary N) is 1. The van der Waals surface area contributed by atoms with Gasteiger partial charge < -0.3 is 15.2 Å². The van der Waals surface area contributed by atoms with Crippen LogP contribution in [0.1, 0.15) is 5.82 Å². The normalized spacial score (nSPS) is 10.7. The molecule has 6 heteroatoms. The van der Waals surface area contributed by atoms with Gasteiger partial charge in [-0.15, -0.1) is 0 Å². The van der Waals surface area contributed by atoms with E-state index < -0.39 is 11.6 Å². The predicted octanol–water partition coefficient (Wildman–Crippen LogP) is 1.92. The standard InChI is InChI=1S/C12H14F2N4/c1-17-4-3-16-11(17)7-18(2)10-6-8(13)5-9(14)12(10)15/h3-6H,7,15H2,1-2H3. The van der Waals surface area contributed by atoms with E-state index in [1.807, 2.05) is 11.6 Å². The third-order valence-corrected chi connectivity index (χ3v) is 2.78. The lowest BCUT2D eigenvalue weighted by Crippen LogP contribution is -2.20. The first-order valence-electron chi connectivity index (χ1n) is 5.41. The van der Waals surface area contributed by atoms with Gasteiger partial charge in [0.15, 0.2) is 5.82 Å². The van der Waals surface area contributed by atoms with Crippen LogP contribution < -0.4 is 10.6 Å². The van der Waals surface area contributed by atoms with E-state index in [0.717, 1.165) is 11.9 Å². The van der Waals surface area contributed by atoms with Gasteiger partial charge in [-0.1, -0.05) is 0 Å². The van der Waals surface area contributed by atoms with Gasteiger partial charge >= 0.3 is 0 Å². The number of hydrogen-bond donors (Lipinski definition) is 1.